The molecule has 3 atom stereocenters. The maximum Gasteiger partial charge on any atom is 0.253 e. The first-order valence-corrected chi connectivity index (χ1v) is 7.33. The van der Waals surface area contributed by atoms with Gasteiger partial charge in [-0.1, -0.05) is 18.6 Å². The van der Waals surface area contributed by atoms with E-state index in [1.807, 2.05) is 31.3 Å². The van der Waals surface area contributed by atoms with Crippen molar-refractivity contribution in [3.63, 3.8) is 0 Å². The Morgan fingerprint density at radius 2 is 2.11 bits per heavy atom. The van der Waals surface area contributed by atoms with Gasteiger partial charge in [-0.15, -0.1) is 0 Å². The number of carbonyl (C=O) groups is 1. The zero-order chi connectivity index (χ0) is 13.2. The standard InChI is InChI=1S/C16H22N2O/c1-17-15-5-3-2-4-14(15)16(19)18-10-13-9-11-6-7-12(13)8-11/h2-5,11-13,17H,6-10H2,1H3,(H,18,19)/t11-,12-,13+/m1/s1. The van der Waals surface area contributed by atoms with Gasteiger partial charge in [-0.2, -0.15) is 0 Å². The molecule has 0 spiro atoms. The first-order chi connectivity index (χ1) is 9.28. The van der Waals surface area contributed by atoms with Crippen molar-refractivity contribution in [3.8, 4) is 0 Å². The summed E-state index contributed by atoms with van der Waals surface area (Å²) in [6.07, 6.45) is 5.50. The van der Waals surface area contributed by atoms with Crippen LogP contribution >= 0.6 is 0 Å². The van der Waals surface area contributed by atoms with E-state index < -0.39 is 0 Å². The minimum atomic E-state index is 0.0488. The lowest BCUT2D eigenvalue weighted by Crippen LogP contribution is -2.31. The van der Waals surface area contributed by atoms with Crippen LogP contribution in [0.15, 0.2) is 24.3 Å². The van der Waals surface area contributed by atoms with E-state index in [0.717, 1.165) is 29.6 Å². The summed E-state index contributed by atoms with van der Waals surface area (Å²) in [7, 11) is 1.85. The maximum absolute atomic E-state index is 12.2. The predicted octanol–water partition coefficient (Wildman–Crippen LogP) is 2.89. The van der Waals surface area contributed by atoms with Gasteiger partial charge in [0, 0.05) is 19.3 Å². The Kier molecular flexibility index (Phi) is 3.45. The van der Waals surface area contributed by atoms with Gasteiger partial charge in [0.05, 0.1) is 5.56 Å². The van der Waals surface area contributed by atoms with Gasteiger partial charge in [-0.05, 0) is 49.1 Å². The lowest BCUT2D eigenvalue weighted by molar-refractivity contribution is 0.0942. The van der Waals surface area contributed by atoms with Gasteiger partial charge in [-0.25, -0.2) is 0 Å². The van der Waals surface area contributed by atoms with E-state index in [0.29, 0.717) is 5.92 Å². The lowest BCUT2D eigenvalue weighted by Gasteiger charge is -2.22. The van der Waals surface area contributed by atoms with Crippen LogP contribution in [0.5, 0.6) is 0 Å². The summed E-state index contributed by atoms with van der Waals surface area (Å²) < 4.78 is 0. The molecule has 3 heteroatoms. The molecule has 1 aromatic carbocycles. The summed E-state index contributed by atoms with van der Waals surface area (Å²) in [6.45, 7) is 0.845. The van der Waals surface area contributed by atoms with E-state index >= 15 is 0 Å². The molecule has 2 bridgehead atoms. The second-order valence-corrected chi connectivity index (χ2v) is 5.94. The summed E-state index contributed by atoms with van der Waals surface area (Å²) in [5, 5.41) is 6.19. The maximum atomic E-state index is 12.2. The molecule has 0 saturated heterocycles. The number of para-hydroxylation sites is 1. The SMILES string of the molecule is CNc1ccccc1C(=O)NC[C@@H]1C[C@@H]2CC[C@@H]1C2. The molecule has 1 aromatic rings. The largest absolute Gasteiger partial charge is 0.387 e. The van der Waals surface area contributed by atoms with E-state index in [1.165, 1.54) is 25.7 Å². The van der Waals surface area contributed by atoms with Gasteiger partial charge in [0.25, 0.3) is 5.91 Å². The molecule has 2 N–H and O–H groups in total. The van der Waals surface area contributed by atoms with Crippen molar-refractivity contribution >= 4 is 11.6 Å². The lowest BCUT2D eigenvalue weighted by atomic mass is 9.89. The van der Waals surface area contributed by atoms with Crippen LogP contribution in [0.25, 0.3) is 0 Å². The fraction of sp³-hybridized carbons (Fsp3) is 0.562. The van der Waals surface area contributed by atoms with Crippen molar-refractivity contribution in [3.05, 3.63) is 29.8 Å². The number of rotatable bonds is 4. The predicted molar refractivity (Wildman–Crippen MR) is 77.3 cm³/mol. The summed E-state index contributed by atoms with van der Waals surface area (Å²) in [6, 6.07) is 7.67. The molecule has 0 aliphatic heterocycles. The third-order valence-corrected chi connectivity index (χ3v) is 4.85. The van der Waals surface area contributed by atoms with E-state index in [4.69, 9.17) is 0 Å². The minimum Gasteiger partial charge on any atom is -0.387 e. The van der Waals surface area contributed by atoms with Crippen molar-refractivity contribution in [1.29, 1.82) is 0 Å². The zero-order valence-corrected chi connectivity index (χ0v) is 11.5. The molecular weight excluding hydrogens is 236 g/mol. The summed E-state index contributed by atoms with van der Waals surface area (Å²) in [5.41, 5.74) is 1.64. The molecule has 0 heterocycles. The number of anilines is 1. The second kappa shape index (κ2) is 5.24. The fourth-order valence-corrected chi connectivity index (χ4v) is 3.84. The van der Waals surface area contributed by atoms with Crippen LogP contribution in [0.1, 0.15) is 36.0 Å². The highest BCUT2D eigenvalue weighted by atomic mass is 16.1. The Balaban J connectivity index is 1.59. The minimum absolute atomic E-state index is 0.0488. The molecule has 3 rings (SSSR count). The first kappa shape index (κ1) is 12.5. The van der Waals surface area contributed by atoms with E-state index in [1.54, 1.807) is 0 Å². The number of amides is 1. The fourth-order valence-electron chi connectivity index (χ4n) is 3.84. The summed E-state index contributed by atoms with van der Waals surface area (Å²) in [4.78, 5) is 12.2. The number of hydrogen-bond acceptors (Lipinski definition) is 2. The van der Waals surface area contributed by atoms with Crippen LogP contribution < -0.4 is 10.6 Å². The summed E-state index contributed by atoms with van der Waals surface area (Å²) in [5.74, 6) is 2.57. The quantitative estimate of drug-likeness (QED) is 0.872. The average molecular weight is 258 g/mol. The summed E-state index contributed by atoms with van der Waals surface area (Å²) >= 11 is 0. The van der Waals surface area contributed by atoms with Crippen molar-refractivity contribution in [2.24, 2.45) is 17.8 Å². The number of benzene rings is 1. The third kappa shape index (κ3) is 2.46. The monoisotopic (exact) mass is 258 g/mol. The average Bonchev–Trinajstić information content (AvgIpc) is 3.07. The smallest absolute Gasteiger partial charge is 0.253 e. The van der Waals surface area contributed by atoms with Gasteiger partial charge >= 0.3 is 0 Å². The van der Waals surface area contributed by atoms with Crippen molar-refractivity contribution in [1.82, 2.24) is 5.32 Å². The highest BCUT2D eigenvalue weighted by molar-refractivity contribution is 5.99. The Bertz CT molecular complexity index is 472. The molecule has 1 amide bonds. The molecule has 0 radical (unpaired) electrons. The molecule has 2 fully saturated rings. The van der Waals surface area contributed by atoms with E-state index in [2.05, 4.69) is 10.6 Å². The van der Waals surface area contributed by atoms with Crippen molar-refractivity contribution in [2.75, 3.05) is 18.9 Å². The molecule has 0 aromatic heterocycles. The molecule has 3 nitrogen and oxygen atoms in total. The zero-order valence-electron chi connectivity index (χ0n) is 11.5. The third-order valence-electron chi connectivity index (χ3n) is 4.85. The van der Waals surface area contributed by atoms with Gasteiger partial charge in [0.2, 0.25) is 0 Å². The van der Waals surface area contributed by atoms with Crippen LogP contribution in [-0.4, -0.2) is 19.5 Å². The molecule has 19 heavy (non-hydrogen) atoms. The molecule has 2 saturated carbocycles. The second-order valence-electron chi connectivity index (χ2n) is 5.94. The number of nitrogens with one attached hydrogen (secondary N) is 2. The van der Waals surface area contributed by atoms with Crippen LogP contribution in [-0.2, 0) is 0 Å². The highest BCUT2D eigenvalue weighted by Crippen LogP contribution is 2.47. The number of fused-ring (bicyclic) bond motifs is 2. The van der Waals surface area contributed by atoms with Crippen LogP contribution in [0.2, 0.25) is 0 Å². The molecular formula is C16H22N2O. The Labute approximate surface area is 114 Å². The van der Waals surface area contributed by atoms with Crippen molar-refractivity contribution in [2.45, 2.75) is 25.7 Å². The Morgan fingerprint density at radius 3 is 2.79 bits per heavy atom. The highest BCUT2D eigenvalue weighted by Gasteiger charge is 2.39. The van der Waals surface area contributed by atoms with E-state index in [9.17, 15) is 4.79 Å². The Hall–Kier alpha value is -1.51. The first-order valence-electron chi connectivity index (χ1n) is 7.33. The van der Waals surface area contributed by atoms with Gasteiger partial charge < -0.3 is 10.6 Å². The molecule has 2 aliphatic carbocycles. The molecule has 102 valence electrons. The van der Waals surface area contributed by atoms with Crippen LogP contribution in [0.3, 0.4) is 0 Å². The van der Waals surface area contributed by atoms with E-state index in [-0.39, 0.29) is 5.91 Å². The number of carbonyl (C=O) groups excluding carboxylic acids is 1. The number of hydrogen-bond donors (Lipinski definition) is 2. The van der Waals surface area contributed by atoms with Gasteiger partial charge in [0.1, 0.15) is 0 Å². The molecule has 0 unspecified atom stereocenters. The van der Waals surface area contributed by atoms with Crippen LogP contribution in [0, 0.1) is 17.8 Å². The normalized spacial score (nSPS) is 28.4. The Morgan fingerprint density at radius 1 is 1.26 bits per heavy atom. The van der Waals surface area contributed by atoms with Gasteiger partial charge in [-0.3, -0.25) is 4.79 Å². The molecule has 2 aliphatic rings. The van der Waals surface area contributed by atoms with Crippen LogP contribution in [0.4, 0.5) is 5.69 Å². The van der Waals surface area contributed by atoms with Crippen molar-refractivity contribution < 1.29 is 4.79 Å². The van der Waals surface area contributed by atoms with Gasteiger partial charge in [0.15, 0.2) is 0 Å². The topological polar surface area (TPSA) is 41.1 Å².